The quantitative estimate of drug-likeness (QED) is 0.818. The van der Waals surface area contributed by atoms with E-state index >= 15 is 0 Å². The van der Waals surface area contributed by atoms with Crippen LogP contribution in [0.2, 0.25) is 0 Å². The van der Waals surface area contributed by atoms with Crippen molar-refractivity contribution in [2.75, 3.05) is 39.9 Å². The molecule has 0 bridgehead atoms. The van der Waals surface area contributed by atoms with Crippen molar-refractivity contribution in [1.29, 1.82) is 0 Å². The predicted octanol–water partition coefficient (Wildman–Crippen LogP) is 0.496. The summed E-state index contributed by atoms with van der Waals surface area (Å²) >= 11 is 0. The van der Waals surface area contributed by atoms with E-state index in [0.717, 1.165) is 51.9 Å². The lowest BCUT2D eigenvalue weighted by Gasteiger charge is -2.39. The number of piperidine rings is 1. The van der Waals surface area contributed by atoms with Gasteiger partial charge in [0.25, 0.3) is 5.91 Å². The summed E-state index contributed by atoms with van der Waals surface area (Å²) in [6.45, 7) is 4.96. The molecule has 2 aliphatic rings. The summed E-state index contributed by atoms with van der Waals surface area (Å²) < 4.78 is 7.22. The number of carbonyl (C=O) groups is 1. The van der Waals surface area contributed by atoms with Crippen molar-refractivity contribution in [2.24, 2.45) is 5.92 Å². The Hall–Kier alpha value is -1.44. The molecule has 134 valence electrons. The van der Waals surface area contributed by atoms with Crippen LogP contribution in [0.15, 0.2) is 12.4 Å². The molecule has 24 heavy (non-hydrogen) atoms. The lowest BCUT2D eigenvalue weighted by Crippen LogP contribution is -2.49. The highest BCUT2D eigenvalue weighted by Gasteiger charge is 2.33. The van der Waals surface area contributed by atoms with Crippen LogP contribution < -0.4 is 5.32 Å². The molecule has 0 saturated carbocycles. The van der Waals surface area contributed by atoms with Gasteiger partial charge in [0, 0.05) is 52.4 Å². The van der Waals surface area contributed by atoms with Crippen LogP contribution in [0.25, 0.3) is 0 Å². The minimum Gasteiger partial charge on any atom is -0.388 e. The molecule has 2 fully saturated rings. The van der Waals surface area contributed by atoms with Gasteiger partial charge in [0.1, 0.15) is 0 Å². The first-order chi connectivity index (χ1) is 11.6. The Morgan fingerprint density at radius 1 is 1.42 bits per heavy atom. The Bertz CT molecular complexity index is 546. The van der Waals surface area contributed by atoms with Crippen molar-refractivity contribution in [2.45, 2.75) is 37.8 Å². The minimum absolute atomic E-state index is 0.0965. The number of ether oxygens (including phenoxy) is 1. The number of aliphatic hydroxyl groups is 1. The van der Waals surface area contributed by atoms with Crippen LogP contribution >= 0.6 is 0 Å². The predicted molar refractivity (Wildman–Crippen MR) is 89.8 cm³/mol. The van der Waals surface area contributed by atoms with Crippen molar-refractivity contribution in [3.05, 3.63) is 18.0 Å². The summed E-state index contributed by atoms with van der Waals surface area (Å²) in [7, 11) is 1.63. The largest absolute Gasteiger partial charge is 0.388 e. The monoisotopic (exact) mass is 336 g/mol. The maximum Gasteiger partial charge on any atom is 0.254 e. The van der Waals surface area contributed by atoms with Gasteiger partial charge in [-0.15, -0.1) is 0 Å². The fourth-order valence-electron chi connectivity index (χ4n) is 3.64. The molecule has 2 aliphatic heterocycles. The number of β-amino-alcohol motifs (C(OH)–C–C–N with tert-alkyl or cyclic N) is 1. The minimum atomic E-state index is -0.574. The van der Waals surface area contributed by atoms with Crippen LogP contribution in [-0.4, -0.2) is 71.2 Å². The highest BCUT2D eigenvalue weighted by Crippen LogP contribution is 2.25. The average molecular weight is 336 g/mol. The van der Waals surface area contributed by atoms with E-state index in [0.29, 0.717) is 24.7 Å². The van der Waals surface area contributed by atoms with Gasteiger partial charge in [0.05, 0.1) is 17.4 Å². The molecule has 0 aliphatic carbocycles. The zero-order valence-electron chi connectivity index (χ0n) is 14.4. The number of amides is 1. The van der Waals surface area contributed by atoms with E-state index in [1.807, 2.05) is 10.9 Å². The smallest absolute Gasteiger partial charge is 0.254 e. The van der Waals surface area contributed by atoms with Crippen LogP contribution in [0, 0.1) is 5.92 Å². The number of hydrogen-bond donors (Lipinski definition) is 2. The molecule has 0 radical (unpaired) electrons. The molecule has 0 atom stereocenters. The van der Waals surface area contributed by atoms with Crippen molar-refractivity contribution in [3.8, 4) is 0 Å². The highest BCUT2D eigenvalue weighted by atomic mass is 16.5. The summed E-state index contributed by atoms with van der Waals surface area (Å²) in [6.07, 6.45) is 7.11. The third-order valence-corrected chi connectivity index (χ3v) is 5.22. The van der Waals surface area contributed by atoms with Gasteiger partial charge in [0.15, 0.2) is 0 Å². The fraction of sp³-hybridized carbons (Fsp3) is 0.765. The van der Waals surface area contributed by atoms with E-state index in [-0.39, 0.29) is 5.91 Å². The number of nitrogens with zero attached hydrogens (tertiary/aromatic N) is 3. The summed E-state index contributed by atoms with van der Waals surface area (Å²) in [5.41, 5.74) is 0.0341. The van der Waals surface area contributed by atoms with Crippen molar-refractivity contribution in [3.63, 3.8) is 0 Å². The van der Waals surface area contributed by atoms with Crippen LogP contribution in [0.1, 0.15) is 36.0 Å². The molecule has 0 unspecified atom stereocenters. The second kappa shape index (κ2) is 7.63. The molecule has 0 aromatic carbocycles. The first kappa shape index (κ1) is 17.4. The maximum absolute atomic E-state index is 11.6. The zero-order valence-corrected chi connectivity index (χ0v) is 14.4. The fourth-order valence-corrected chi connectivity index (χ4v) is 3.64. The number of likely N-dealkylation sites (tertiary alicyclic amines) is 1. The van der Waals surface area contributed by atoms with Gasteiger partial charge in [0.2, 0.25) is 0 Å². The van der Waals surface area contributed by atoms with Crippen molar-refractivity contribution < 1.29 is 14.6 Å². The van der Waals surface area contributed by atoms with Crippen LogP contribution in [-0.2, 0) is 11.3 Å². The van der Waals surface area contributed by atoms with Gasteiger partial charge in [-0.3, -0.25) is 9.48 Å². The third kappa shape index (κ3) is 4.34. The van der Waals surface area contributed by atoms with Gasteiger partial charge in [-0.1, -0.05) is 0 Å². The summed E-state index contributed by atoms with van der Waals surface area (Å²) in [5.74, 6) is 0.476. The molecule has 7 heteroatoms. The second-order valence-corrected chi connectivity index (χ2v) is 7.09. The summed E-state index contributed by atoms with van der Waals surface area (Å²) in [4.78, 5) is 14.0. The van der Waals surface area contributed by atoms with Crippen LogP contribution in [0.5, 0.6) is 0 Å². The van der Waals surface area contributed by atoms with Crippen LogP contribution in [0.4, 0.5) is 0 Å². The van der Waals surface area contributed by atoms with Gasteiger partial charge in [-0.25, -0.2) is 0 Å². The second-order valence-electron chi connectivity index (χ2n) is 7.09. The van der Waals surface area contributed by atoms with E-state index in [2.05, 4.69) is 15.3 Å². The van der Waals surface area contributed by atoms with Gasteiger partial charge in [-0.05, 0) is 31.8 Å². The Labute approximate surface area is 143 Å². The topological polar surface area (TPSA) is 79.6 Å². The third-order valence-electron chi connectivity index (χ3n) is 5.22. The van der Waals surface area contributed by atoms with Crippen LogP contribution in [0.3, 0.4) is 0 Å². The van der Waals surface area contributed by atoms with E-state index in [4.69, 9.17) is 4.74 Å². The first-order valence-corrected chi connectivity index (χ1v) is 8.85. The van der Waals surface area contributed by atoms with Crippen molar-refractivity contribution in [1.82, 2.24) is 20.0 Å². The molecule has 1 aromatic rings. The standard InChI is InChI=1S/C17H28N4O3/c1-18-16(22)15-10-19-21(12-15)11-14-2-6-20(7-3-14)13-17(23)4-8-24-9-5-17/h10,12,14,23H,2-9,11,13H2,1H3,(H,18,22). The molecule has 2 saturated heterocycles. The molecule has 1 aromatic heterocycles. The number of carbonyl (C=O) groups excluding carboxylic acids is 1. The molecule has 1 amide bonds. The first-order valence-electron chi connectivity index (χ1n) is 8.85. The van der Waals surface area contributed by atoms with Gasteiger partial charge in [-0.2, -0.15) is 5.10 Å². The number of aromatic nitrogens is 2. The molecule has 2 N–H and O–H groups in total. The Kier molecular flexibility index (Phi) is 5.53. The van der Waals surface area contributed by atoms with Crippen molar-refractivity contribution >= 4 is 5.91 Å². The average Bonchev–Trinajstić information content (AvgIpc) is 3.05. The molecular formula is C17H28N4O3. The zero-order chi connectivity index (χ0) is 17.0. The Morgan fingerprint density at radius 3 is 2.79 bits per heavy atom. The number of rotatable bonds is 5. The van der Waals surface area contributed by atoms with Gasteiger partial charge >= 0.3 is 0 Å². The van der Waals surface area contributed by atoms with E-state index in [1.165, 1.54) is 0 Å². The highest BCUT2D eigenvalue weighted by molar-refractivity contribution is 5.93. The molecule has 0 spiro atoms. The maximum atomic E-state index is 11.6. The Morgan fingerprint density at radius 2 is 2.12 bits per heavy atom. The molecule has 3 heterocycles. The lowest BCUT2D eigenvalue weighted by molar-refractivity contribution is -0.0832. The number of hydrogen-bond acceptors (Lipinski definition) is 5. The van der Waals surface area contributed by atoms with E-state index in [1.54, 1.807) is 13.2 Å². The normalized spacial score (nSPS) is 22.4. The van der Waals surface area contributed by atoms with Gasteiger partial charge < -0.3 is 20.1 Å². The van der Waals surface area contributed by atoms with E-state index in [9.17, 15) is 9.90 Å². The molecule has 7 nitrogen and oxygen atoms in total. The van der Waals surface area contributed by atoms with E-state index < -0.39 is 5.60 Å². The molecular weight excluding hydrogens is 308 g/mol. The lowest BCUT2D eigenvalue weighted by atomic mass is 9.91. The number of nitrogens with one attached hydrogen (secondary N) is 1. The molecule has 3 rings (SSSR count). The summed E-state index contributed by atoms with van der Waals surface area (Å²) in [6, 6.07) is 0. The Balaban J connectivity index is 1.45. The SMILES string of the molecule is CNC(=O)c1cnn(CC2CCN(CC3(O)CCOCC3)CC2)c1. The summed E-state index contributed by atoms with van der Waals surface area (Å²) in [5, 5.41) is 17.5.